The van der Waals surface area contributed by atoms with Gasteiger partial charge < -0.3 is 10.6 Å². The molecule has 0 aromatic rings. The Bertz CT molecular complexity index is 254. The Morgan fingerprint density at radius 2 is 2.12 bits per heavy atom. The molecule has 0 bridgehead atoms. The Balaban J connectivity index is 1.96. The van der Waals surface area contributed by atoms with E-state index in [1.807, 2.05) is 0 Å². The third kappa shape index (κ3) is 2.24. The van der Waals surface area contributed by atoms with Gasteiger partial charge in [-0.15, -0.1) is 0 Å². The van der Waals surface area contributed by atoms with Crippen LogP contribution in [0.15, 0.2) is 0 Å². The molecule has 2 N–H and O–H groups in total. The van der Waals surface area contributed by atoms with Gasteiger partial charge in [-0.25, -0.2) is 0 Å². The van der Waals surface area contributed by atoms with E-state index in [1.165, 1.54) is 32.1 Å². The maximum Gasteiger partial charge on any atom is 0.239 e. The van der Waals surface area contributed by atoms with Gasteiger partial charge >= 0.3 is 0 Å². The third-order valence-corrected chi connectivity index (χ3v) is 4.21. The fraction of sp³-hybridized carbons (Fsp3) is 0.923. The summed E-state index contributed by atoms with van der Waals surface area (Å²) in [4.78, 5) is 14.3. The van der Waals surface area contributed by atoms with E-state index in [2.05, 4.69) is 11.8 Å². The van der Waals surface area contributed by atoms with Crippen LogP contribution in [0.4, 0.5) is 0 Å². The second kappa shape index (κ2) is 5.17. The van der Waals surface area contributed by atoms with E-state index in [9.17, 15) is 4.79 Å². The topological polar surface area (TPSA) is 46.3 Å². The quantitative estimate of drug-likeness (QED) is 0.796. The molecular weight excluding hydrogens is 200 g/mol. The fourth-order valence-electron chi connectivity index (χ4n) is 3.33. The number of hydrogen-bond donors (Lipinski definition) is 1. The Morgan fingerprint density at radius 3 is 2.88 bits per heavy atom. The predicted molar refractivity (Wildman–Crippen MR) is 65.0 cm³/mol. The Labute approximate surface area is 98.4 Å². The molecule has 2 unspecified atom stereocenters. The van der Waals surface area contributed by atoms with E-state index < -0.39 is 0 Å². The summed E-state index contributed by atoms with van der Waals surface area (Å²) < 4.78 is 0. The average molecular weight is 224 g/mol. The molecular formula is C13H24N2O. The minimum atomic E-state index is -0.259. The molecule has 0 aromatic heterocycles. The molecule has 1 saturated carbocycles. The lowest BCUT2D eigenvalue weighted by Gasteiger charge is -2.33. The van der Waals surface area contributed by atoms with Crippen LogP contribution < -0.4 is 5.73 Å². The molecule has 1 aliphatic heterocycles. The van der Waals surface area contributed by atoms with Gasteiger partial charge in [-0.05, 0) is 31.6 Å². The van der Waals surface area contributed by atoms with Gasteiger partial charge in [0.25, 0.3) is 0 Å². The zero-order valence-corrected chi connectivity index (χ0v) is 10.3. The molecule has 2 aliphatic rings. The minimum Gasteiger partial charge on any atom is -0.338 e. The van der Waals surface area contributed by atoms with Crippen molar-refractivity contribution in [1.82, 2.24) is 4.90 Å². The molecule has 2 rings (SSSR count). The van der Waals surface area contributed by atoms with Gasteiger partial charge in [0, 0.05) is 12.6 Å². The number of hydrogen-bond acceptors (Lipinski definition) is 2. The van der Waals surface area contributed by atoms with Crippen LogP contribution >= 0.6 is 0 Å². The van der Waals surface area contributed by atoms with Crippen molar-refractivity contribution in [1.29, 1.82) is 0 Å². The van der Waals surface area contributed by atoms with Crippen molar-refractivity contribution in [2.24, 2.45) is 11.7 Å². The number of nitrogens with two attached hydrogens (primary N) is 1. The highest BCUT2D eigenvalue weighted by molar-refractivity contribution is 5.82. The standard InChI is InChI=1S/C13H24N2O/c1-2-5-11(14)13(16)15-9-8-10-6-3-4-7-12(10)15/h10-12H,2-9,14H2,1H3/t10?,11-,12?/m1/s1. The number of nitrogens with zero attached hydrogens (tertiary/aromatic N) is 1. The summed E-state index contributed by atoms with van der Waals surface area (Å²) in [5.74, 6) is 0.975. The van der Waals surface area contributed by atoms with E-state index >= 15 is 0 Å². The van der Waals surface area contributed by atoms with Crippen LogP contribution in [0.3, 0.4) is 0 Å². The number of carbonyl (C=O) groups excluding carboxylic acids is 1. The molecule has 0 radical (unpaired) electrons. The molecule has 0 spiro atoms. The van der Waals surface area contributed by atoms with Crippen LogP contribution in [0.1, 0.15) is 51.9 Å². The van der Waals surface area contributed by atoms with Gasteiger partial charge in [0.15, 0.2) is 0 Å². The summed E-state index contributed by atoms with van der Waals surface area (Å²) in [5.41, 5.74) is 5.94. The molecule has 92 valence electrons. The highest BCUT2D eigenvalue weighted by atomic mass is 16.2. The first-order chi connectivity index (χ1) is 7.74. The molecule has 1 aliphatic carbocycles. The Kier molecular flexibility index (Phi) is 3.85. The van der Waals surface area contributed by atoms with Crippen molar-refractivity contribution < 1.29 is 4.79 Å². The first kappa shape index (κ1) is 11.9. The summed E-state index contributed by atoms with van der Waals surface area (Å²) in [7, 11) is 0. The summed E-state index contributed by atoms with van der Waals surface area (Å²) in [6.45, 7) is 3.03. The second-order valence-electron chi connectivity index (χ2n) is 5.33. The molecule has 1 saturated heterocycles. The van der Waals surface area contributed by atoms with Crippen LogP contribution in [0.25, 0.3) is 0 Å². The smallest absolute Gasteiger partial charge is 0.239 e. The average Bonchev–Trinajstić information content (AvgIpc) is 2.72. The van der Waals surface area contributed by atoms with Crippen LogP contribution in [0, 0.1) is 5.92 Å². The molecule has 0 aromatic carbocycles. The van der Waals surface area contributed by atoms with Gasteiger partial charge in [-0.1, -0.05) is 26.2 Å². The highest BCUT2D eigenvalue weighted by Gasteiger charge is 2.39. The molecule has 3 nitrogen and oxygen atoms in total. The van der Waals surface area contributed by atoms with Crippen molar-refractivity contribution in [2.45, 2.75) is 64.0 Å². The first-order valence-corrected chi connectivity index (χ1v) is 6.80. The first-order valence-electron chi connectivity index (χ1n) is 6.80. The summed E-state index contributed by atoms with van der Waals surface area (Å²) in [6, 6.07) is 0.259. The van der Waals surface area contributed by atoms with Crippen molar-refractivity contribution >= 4 is 5.91 Å². The largest absolute Gasteiger partial charge is 0.338 e. The van der Waals surface area contributed by atoms with Gasteiger partial charge in [-0.3, -0.25) is 4.79 Å². The lowest BCUT2D eigenvalue weighted by molar-refractivity contribution is -0.134. The summed E-state index contributed by atoms with van der Waals surface area (Å²) in [6.07, 6.45) is 8.18. The molecule has 3 atom stereocenters. The number of amides is 1. The van der Waals surface area contributed by atoms with Gasteiger partial charge in [0.2, 0.25) is 5.91 Å². The highest BCUT2D eigenvalue weighted by Crippen LogP contribution is 2.36. The van der Waals surface area contributed by atoms with Crippen molar-refractivity contribution in [3.8, 4) is 0 Å². The van der Waals surface area contributed by atoms with E-state index in [1.54, 1.807) is 0 Å². The van der Waals surface area contributed by atoms with Crippen LogP contribution in [-0.2, 0) is 4.79 Å². The predicted octanol–water partition coefficient (Wildman–Crippen LogP) is 1.90. The van der Waals surface area contributed by atoms with Crippen LogP contribution in [0.5, 0.6) is 0 Å². The summed E-state index contributed by atoms with van der Waals surface area (Å²) in [5, 5.41) is 0. The minimum absolute atomic E-state index is 0.205. The Hall–Kier alpha value is -0.570. The van der Waals surface area contributed by atoms with Crippen molar-refractivity contribution in [3.63, 3.8) is 0 Å². The zero-order chi connectivity index (χ0) is 11.5. The lowest BCUT2D eigenvalue weighted by atomic mass is 9.85. The fourth-order valence-corrected chi connectivity index (χ4v) is 3.33. The number of likely N-dealkylation sites (tertiary alicyclic amines) is 1. The van der Waals surface area contributed by atoms with Gasteiger partial charge in [0.05, 0.1) is 6.04 Å². The molecule has 2 fully saturated rings. The number of fused-ring (bicyclic) bond motifs is 1. The Morgan fingerprint density at radius 1 is 1.38 bits per heavy atom. The number of rotatable bonds is 3. The van der Waals surface area contributed by atoms with E-state index in [0.29, 0.717) is 6.04 Å². The molecule has 1 heterocycles. The van der Waals surface area contributed by atoms with Crippen molar-refractivity contribution in [2.75, 3.05) is 6.54 Å². The maximum atomic E-state index is 12.2. The number of carbonyl (C=O) groups is 1. The zero-order valence-electron chi connectivity index (χ0n) is 10.3. The van der Waals surface area contributed by atoms with Crippen molar-refractivity contribution in [3.05, 3.63) is 0 Å². The van der Waals surface area contributed by atoms with Gasteiger partial charge in [-0.2, -0.15) is 0 Å². The SMILES string of the molecule is CCC[C@@H](N)C(=O)N1CCC2CCCCC21. The van der Waals surface area contributed by atoms with E-state index in [-0.39, 0.29) is 11.9 Å². The maximum absolute atomic E-state index is 12.2. The van der Waals surface area contributed by atoms with E-state index in [4.69, 9.17) is 5.73 Å². The van der Waals surface area contributed by atoms with Crippen LogP contribution in [0.2, 0.25) is 0 Å². The monoisotopic (exact) mass is 224 g/mol. The third-order valence-electron chi connectivity index (χ3n) is 4.21. The lowest BCUT2D eigenvalue weighted by Crippen LogP contribution is -2.47. The summed E-state index contributed by atoms with van der Waals surface area (Å²) >= 11 is 0. The normalized spacial score (nSPS) is 31.2. The molecule has 16 heavy (non-hydrogen) atoms. The second-order valence-corrected chi connectivity index (χ2v) is 5.33. The molecule has 3 heteroatoms. The van der Waals surface area contributed by atoms with Crippen LogP contribution in [-0.4, -0.2) is 29.4 Å². The van der Waals surface area contributed by atoms with E-state index in [0.717, 1.165) is 25.3 Å². The molecule has 1 amide bonds. The van der Waals surface area contributed by atoms with Gasteiger partial charge in [0.1, 0.15) is 0 Å².